The number of benzene rings is 1. The third-order valence-electron chi connectivity index (χ3n) is 3.21. The van der Waals surface area contributed by atoms with Crippen LogP contribution in [-0.4, -0.2) is 16.3 Å². The van der Waals surface area contributed by atoms with Crippen molar-refractivity contribution in [3.8, 4) is 17.3 Å². The van der Waals surface area contributed by atoms with Gasteiger partial charge in [-0.2, -0.15) is 10.4 Å². The van der Waals surface area contributed by atoms with Crippen molar-refractivity contribution in [1.29, 1.82) is 5.26 Å². The molecule has 0 radical (unpaired) electrons. The summed E-state index contributed by atoms with van der Waals surface area (Å²) in [6, 6.07) is 12.4. The number of nitriles is 1. The SMILES string of the molecule is CC(C)CNCc1cn(CCC#N)nc1-c1ccccc1. The summed E-state index contributed by atoms with van der Waals surface area (Å²) in [7, 11) is 0. The second-order valence-electron chi connectivity index (χ2n) is 5.56. The van der Waals surface area contributed by atoms with Gasteiger partial charge in [0, 0.05) is 23.9 Å². The Bertz CT molecular complexity index is 593. The number of aryl methyl sites for hydroxylation is 1. The van der Waals surface area contributed by atoms with Crippen LogP contribution in [0, 0.1) is 17.2 Å². The lowest BCUT2D eigenvalue weighted by Crippen LogP contribution is -2.19. The highest BCUT2D eigenvalue weighted by atomic mass is 15.3. The van der Waals surface area contributed by atoms with E-state index in [9.17, 15) is 0 Å². The lowest BCUT2D eigenvalue weighted by molar-refractivity contribution is 0.552. The minimum atomic E-state index is 0.481. The summed E-state index contributed by atoms with van der Waals surface area (Å²) >= 11 is 0. The Morgan fingerprint density at radius 2 is 2.05 bits per heavy atom. The molecule has 1 aromatic carbocycles. The van der Waals surface area contributed by atoms with Crippen molar-refractivity contribution in [2.75, 3.05) is 6.54 Å². The van der Waals surface area contributed by atoms with Crippen molar-refractivity contribution in [3.05, 3.63) is 42.1 Å². The molecule has 110 valence electrons. The number of rotatable bonds is 7. The minimum absolute atomic E-state index is 0.481. The van der Waals surface area contributed by atoms with Gasteiger partial charge in [0.15, 0.2) is 0 Å². The minimum Gasteiger partial charge on any atom is -0.312 e. The molecule has 0 amide bonds. The van der Waals surface area contributed by atoms with Gasteiger partial charge in [-0.25, -0.2) is 0 Å². The lowest BCUT2D eigenvalue weighted by Gasteiger charge is -2.07. The van der Waals surface area contributed by atoms with Crippen LogP contribution in [0.5, 0.6) is 0 Å². The van der Waals surface area contributed by atoms with Gasteiger partial charge in [-0.1, -0.05) is 44.2 Å². The number of hydrogen-bond donors (Lipinski definition) is 1. The monoisotopic (exact) mass is 282 g/mol. The fourth-order valence-corrected chi connectivity index (χ4v) is 2.21. The van der Waals surface area contributed by atoms with Crippen LogP contribution in [0.1, 0.15) is 25.8 Å². The topological polar surface area (TPSA) is 53.6 Å². The number of nitrogens with one attached hydrogen (secondary N) is 1. The predicted octanol–water partition coefficient (Wildman–Crippen LogP) is 3.21. The molecule has 2 aromatic rings. The largest absolute Gasteiger partial charge is 0.312 e. The van der Waals surface area contributed by atoms with E-state index in [0.717, 1.165) is 24.3 Å². The summed E-state index contributed by atoms with van der Waals surface area (Å²) in [4.78, 5) is 0. The van der Waals surface area contributed by atoms with Crippen LogP contribution in [0.3, 0.4) is 0 Å². The van der Waals surface area contributed by atoms with Crippen LogP contribution in [0.25, 0.3) is 11.3 Å². The Balaban J connectivity index is 2.19. The molecule has 1 N–H and O–H groups in total. The average molecular weight is 282 g/mol. The van der Waals surface area contributed by atoms with Gasteiger partial charge in [-0.15, -0.1) is 0 Å². The molecule has 0 spiro atoms. The molecule has 21 heavy (non-hydrogen) atoms. The Kier molecular flexibility index (Phi) is 5.53. The molecule has 1 heterocycles. The van der Waals surface area contributed by atoms with Gasteiger partial charge in [-0.3, -0.25) is 4.68 Å². The molecule has 0 atom stereocenters. The van der Waals surface area contributed by atoms with E-state index in [1.54, 1.807) is 0 Å². The lowest BCUT2D eigenvalue weighted by atomic mass is 10.1. The molecule has 0 saturated heterocycles. The van der Waals surface area contributed by atoms with E-state index in [0.29, 0.717) is 18.9 Å². The third-order valence-corrected chi connectivity index (χ3v) is 3.21. The standard InChI is InChI=1S/C17H22N4/c1-14(2)11-19-12-16-13-21(10-6-9-18)20-17(16)15-7-4-3-5-8-15/h3-5,7-8,13-14,19H,6,10-12H2,1-2H3. The van der Waals surface area contributed by atoms with Gasteiger partial charge in [0.2, 0.25) is 0 Å². The van der Waals surface area contributed by atoms with Crippen LogP contribution in [0.15, 0.2) is 36.5 Å². The van der Waals surface area contributed by atoms with Crippen molar-refractivity contribution in [2.24, 2.45) is 5.92 Å². The highest BCUT2D eigenvalue weighted by Crippen LogP contribution is 2.22. The van der Waals surface area contributed by atoms with Crippen LogP contribution >= 0.6 is 0 Å². The van der Waals surface area contributed by atoms with Crippen molar-refractivity contribution in [2.45, 2.75) is 33.4 Å². The smallest absolute Gasteiger partial charge is 0.0968 e. The number of aromatic nitrogens is 2. The van der Waals surface area contributed by atoms with E-state index in [2.05, 4.69) is 42.5 Å². The normalized spacial score (nSPS) is 10.8. The summed E-state index contributed by atoms with van der Waals surface area (Å²) in [6.45, 7) is 6.82. The summed E-state index contributed by atoms with van der Waals surface area (Å²) < 4.78 is 1.87. The fourth-order valence-electron chi connectivity index (χ4n) is 2.21. The van der Waals surface area contributed by atoms with Gasteiger partial charge in [-0.05, 0) is 12.5 Å². The third kappa shape index (κ3) is 4.44. The van der Waals surface area contributed by atoms with E-state index in [1.807, 2.05) is 29.1 Å². The zero-order valence-corrected chi connectivity index (χ0v) is 12.7. The van der Waals surface area contributed by atoms with Crippen molar-refractivity contribution in [1.82, 2.24) is 15.1 Å². The maximum Gasteiger partial charge on any atom is 0.0968 e. The Hall–Kier alpha value is -2.12. The first kappa shape index (κ1) is 15.3. The summed E-state index contributed by atoms with van der Waals surface area (Å²) in [5, 5.41) is 16.8. The number of hydrogen-bond acceptors (Lipinski definition) is 3. The van der Waals surface area contributed by atoms with E-state index in [4.69, 9.17) is 5.26 Å². The Morgan fingerprint density at radius 1 is 1.29 bits per heavy atom. The number of nitrogens with zero attached hydrogens (tertiary/aromatic N) is 3. The van der Waals surface area contributed by atoms with Gasteiger partial charge in [0.1, 0.15) is 0 Å². The molecule has 0 aliphatic carbocycles. The highest BCUT2D eigenvalue weighted by molar-refractivity contribution is 5.62. The maximum absolute atomic E-state index is 8.72. The van der Waals surface area contributed by atoms with E-state index in [-0.39, 0.29) is 0 Å². The van der Waals surface area contributed by atoms with Crippen LogP contribution in [-0.2, 0) is 13.1 Å². The van der Waals surface area contributed by atoms with Crippen molar-refractivity contribution >= 4 is 0 Å². The Morgan fingerprint density at radius 3 is 2.71 bits per heavy atom. The van der Waals surface area contributed by atoms with Crippen LogP contribution in [0.2, 0.25) is 0 Å². The maximum atomic E-state index is 8.72. The average Bonchev–Trinajstić information content (AvgIpc) is 2.89. The molecule has 2 rings (SSSR count). The molecule has 0 saturated carbocycles. The first-order valence-electron chi connectivity index (χ1n) is 7.40. The second-order valence-corrected chi connectivity index (χ2v) is 5.56. The quantitative estimate of drug-likeness (QED) is 0.848. The van der Waals surface area contributed by atoms with Gasteiger partial charge >= 0.3 is 0 Å². The zero-order valence-electron chi connectivity index (χ0n) is 12.7. The van der Waals surface area contributed by atoms with Gasteiger partial charge < -0.3 is 5.32 Å². The first-order valence-corrected chi connectivity index (χ1v) is 7.40. The van der Waals surface area contributed by atoms with Gasteiger partial charge in [0.05, 0.1) is 24.7 Å². The molecule has 0 aliphatic rings. The van der Waals surface area contributed by atoms with E-state index >= 15 is 0 Å². The van der Waals surface area contributed by atoms with E-state index in [1.165, 1.54) is 5.56 Å². The molecule has 0 unspecified atom stereocenters. The summed E-state index contributed by atoms with van der Waals surface area (Å²) in [5.41, 5.74) is 3.30. The molecule has 0 fully saturated rings. The van der Waals surface area contributed by atoms with Crippen LogP contribution in [0.4, 0.5) is 0 Å². The highest BCUT2D eigenvalue weighted by Gasteiger charge is 2.11. The van der Waals surface area contributed by atoms with Crippen molar-refractivity contribution < 1.29 is 0 Å². The van der Waals surface area contributed by atoms with Gasteiger partial charge in [0.25, 0.3) is 0 Å². The van der Waals surface area contributed by atoms with Crippen molar-refractivity contribution in [3.63, 3.8) is 0 Å². The molecule has 4 heteroatoms. The molecule has 0 bridgehead atoms. The Labute approximate surface area is 126 Å². The molecular weight excluding hydrogens is 260 g/mol. The summed E-state index contributed by atoms with van der Waals surface area (Å²) in [5.74, 6) is 0.624. The molecule has 4 nitrogen and oxygen atoms in total. The summed E-state index contributed by atoms with van der Waals surface area (Å²) in [6.07, 6.45) is 2.53. The second kappa shape index (κ2) is 7.61. The first-order chi connectivity index (χ1) is 10.2. The van der Waals surface area contributed by atoms with E-state index < -0.39 is 0 Å². The molecular formula is C17H22N4. The molecule has 1 aromatic heterocycles. The fraction of sp³-hybridized carbons (Fsp3) is 0.412. The zero-order chi connectivity index (χ0) is 15.1. The van der Waals surface area contributed by atoms with Crippen LogP contribution < -0.4 is 5.32 Å². The molecule has 0 aliphatic heterocycles. The predicted molar refractivity (Wildman–Crippen MR) is 84.4 cm³/mol.